The second-order valence-electron chi connectivity index (χ2n) is 2.52. The van der Waals surface area contributed by atoms with E-state index in [9.17, 15) is 0 Å². The minimum Gasteiger partial charge on any atom is -0.373 e. The van der Waals surface area contributed by atoms with Gasteiger partial charge in [-0.2, -0.15) is 0 Å². The van der Waals surface area contributed by atoms with Gasteiger partial charge in [0.2, 0.25) is 0 Å². The number of aryl methyl sites for hydroxylation is 1. The summed E-state index contributed by atoms with van der Waals surface area (Å²) in [5, 5.41) is 7.69. The summed E-state index contributed by atoms with van der Waals surface area (Å²) in [7, 11) is 1.94. The SMILES string of the molecule is Cn1cnnc1CC1CO1. The van der Waals surface area contributed by atoms with Gasteiger partial charge >= 0.3 is 0 Å². The van der Waals surface area contributed by atoms with Crippen LogP contribution in [0, 0.1) is 0 Å². The van der Waals surface area contributed by atoms with Crippen LogP contribution in [0.3, 0.4) is 0 Å². The highest BCUT2D eigenvalue weighted by atomic mass is 16.6. The molecular weight excluding hydrogens is 130 g/mol. The maximum atomic E-state index is 5.06. The number of hydrogen-bond donors (Lipinski definition) is 0. The summed E-state index contributed by atoms with van der Waals surface area (Å²) in [5.41, 5.74) is 0. The molecule has 0 saturated carbocycles. The second-order valence-corrected chi connectivity index (χ2v) is 2.52. The van der Waals surface area contributed by atoms with Gasteiger partial charge in [-0.05, 0) is 0 Å². The lowest BCUT2D eigenvalue weighted by Crippen LogP contribution is -2.01. The van der Waals surface area contributed by atoms with Crippen molar-refractivity contribution in [2.75, 3.05) is 6.61 Å². The third kappa shape index (κ3) is 1.02. The van der Waals surface area contributed by atoms with Crippen LogP contribution in [-0.4, -0.2) is 27.5 Å². The zero-order valence-electron chi connectivity index (χ0n) is 5.82. The minimum atomic E-state index is 0.405. The molecule has 10 heavy (non-hydrogen) atoms. The topological polar surface area (TPSA) is 43.2 Å². The smallest absolute Gasteiger partial charge is 0.135 e. The lowest BCUT2D eigenvalue weighted by Gasteiger charge is -1.93. The van der Waals surface area contributed by atoms with Crippen molar-refractivity contribution >= 4 is 0 Å². The van der Waals surface area contributed by atoms with Gasteiger partial charge in [0.25, 0.3) is 0 Å². The Bertz CT molecular complexity index is 229. The molecule has 1 aliphatic rings. The molecule has 1 aromatic heterocycles. The average molecular weight is 139 g/mol. The van der Waals surface area contributed by atoms with Crippen molar-refractivity contribution in [3.8, 4) is 0 Å². The Kier molecular flexibility index (Phi) is 1.20. The van der Waals surface area contributed by atoms with Crippen LogP contribution < -0.4 is 0 Å². The molecule has 0 aromatic carbocycles. The van der Waals surface area contributed by atoms with E-state index in [0.29, 0.717) is 6.10 Å². The van der Waals surface area contributed by atoms with Crippen molar-refractivity contribution in [1.82, 2.24) is 14.8 Å². The first-order chi connectivity index (χ1) is 4.86. The summed E-state index contributed by atoms with van der Waals surface area (Å²) in [6, 6.07) is 0. The van der Waals surface area contributed by atoms with E-state index in [2.05, 4.69) is 10.2 Å². The highest BCUT2D eigenvalue weighted by Gasteiger charge is 2.24. The zero-order chi connectivity index (χ0) is 6.97. The van der Waals surface area contributed by atoms with Gasteiger partial charge < -0.3 is 9.30 Å². The van der Waals surface area contributed by atoms with Crippen LogP contribution in [0.5, 0.6) is 0 Å². The highest BCUT2D eigenvalue weighted by Crippen LogP contribution is 2.13. The number of nitrogens with zero attached hydrogens (tertiary/aromatic N) is 3. The van der Waals surface area contributed by atoms with Gasteiger partial charge in [0.15, 0.2) is 0 Å². The van der Waals surface area contributed by atoms with E-state index in [1.165, 1.54) is 0 Å². The first-order valence-corrected chi connectivity index (χ1v) is 3.31. The van der Waals surface area contributed by atoms with Crippen LogP contribution >= 0.6 is 0 Å². The van der Waals surface area contributed by atoms with Gasteiger partial charge in [0.05, 0.1) is 12.7 Å². The number of hydrogen-bond acceptors (Lipinski definition) is 3. The van der Waals surface area contributed by atoms with Crippen LogP contribution in [0.4, 0.5) is 0 Å². The molecule has 4 nitrogen and oxygen atoms in total. The van der Waals surface area contributed by atoms with Crippen LogP contribution in [0.1, 0.15) is 5.82 Å². The molecule has 54 valence electrons. The highest BCUT2D eigenvalue weighted by molar-refractivity contribution is 4.90. The van der Waals surface area contributed by atoms with E-state index in [1.54, 1.807) is 6.33 Å². The van der Waals surface area contributed by atoms with Crippen molar-refractivity contribution < 1.29 is 4.74 Å². The van der Waals surface area contributed by atoms with Crippen LogP contribution in [-0.2, 0) is 18.2 Å². The molecule has 0 aliphatic carbocycles. The van der Waals surface area contributed by atoms with Gasteiger partial charge in [0, 0.05) is 13.5 Å². The average Bonchev–Trinajstić information content (AvgIpc) is 2.62. The number of epoxide rings is 1. The fourth-order valence-corrected chi connectivity index (χ4v) is 0.881. The van der Waals surface area contributed by atoms with E-state index in [-0.39, 0.29) is 0 Å². The Morgan fingerprint density at radius 2 is 2.70 bits per heavy atom. The van der Waals surface area contributed by atoms with Gasteiger partial charge in [-0.3, -0.25) is 0 Å². The summed E-state index contributed by atoms with van der Waals surface area (Å²) in [6.07, 6.45) is 3.01. The van der Waals surface area contributed by atoms with Gasteiger partial charge in [-0.15, -0.1) is 10.2 Å². The molecule has 0 amide bonds. The molecule has 1 fully saturated rings. The molecule has 1 saturated heterocycles. The van der Waals surface area contributed by atoms with Crippen molar-refractivity contribution in [3.63, 3.8) is 0 Å². The predicted octanol–water partition coefficient (Wildman–Crippen LogP) is -0.244. The van der Waals surface area contributed by atoms with Gasteiger partial charge in [-0.1, -0.05) is 0 Å². The van der Waals surface area contributed by atoms with Crippen molar-refractivity contribution in [1.29, 1.82) is 0 Å². The predicted molar refractivity (Wildman–Crippen MR) is 34.4 cm³/mol. The summed E-state index contributed by atoms with van der Waals surface area (Å²) in [5.74, 6) is 1.00. The monoisotopic (exact) mass is 139 g/mol. The first-order valence-electron chi connectivity index (χ1n) is 3.31. The summed E-state index contributed by atoms with van der Waals surface area (Å²) >= 11 is 0. The van der Waals surface area contributed by atoms with Crippen molar-refractivity contribution in [2.24, 2.45) is 7.05 Å². The number of ether oxygens (including phenoxy) is 1. The Balaban J connectivity index is 2.08. The van der Waals surface area contributed by atoms with E-state index in [1.807, 2.05) is 11.6 Å². The number of aromatic nitrogens is 3. The fourth-order valence-electron chi connectivity index (χ4n) is 0.881. The maximum Gasteiger partial charge on any atom is 0.135 e. The molecule has 1 aliphatic heterocycles. The Hall–Kier alpha value is -0.900. The summed E-state index contributed by atoms with van der Waals surface area (Å²) in [6.45, 7) is 0.882. The van der Waals surface area contributed by atoms with E-state index >= 15 is 0 Å². The van der Waals surface area contributed by atoms with Crippen molar-refractivity contribution in [3.05, 3.63) is 12.2 Å². The molecule has 1 unspecified atom stereocenters. The summed E-state index contributed by atoms with van der Waals surface area (Å²) in [4.78, 5) is 0. The quantitative estimate of drug-likeness (QED) is 0.531. The Labute approximate surface area is 58.8 Å². The van der Waals surface area contributed by atoms with Crippen molar-refractivity contribution in [2.45, 2.75) is 12.5 Å². The molecular formula is C6H9N3O. The fraction of sp³-hybridized carbons (Fsp3) is 0.667. The first kappa shape index (κ1) is 5.85. The Morgan fingerprint density at radius 3 is 3.20 bits per heavy atom. The van der Waals surface area contributed by atoms with E-state index in [4.69, 9.17) is 4.74 Å². The third-order valence-corrected chi connectivity index (χ3v) is 1.62. The molecule has 1 atom stereocenters. The van der Waals surface area contributed by atoms with E-state index < -0.39 is 0 Å². The molecule has 0 spiro atoms. The molecule has 1 aromatic rings. The van der Waals surface area contributed by atoms with E-state index in [0.717, 1.165) is 18.9 Å². The second kappa shape index (κ2) is 2.05. The molecule has 4 heteroatoms. The van der Waals surface area contributed by atoms with Crippen LogP contribution in [0.25, 0.3) is 0 Å². The standard InChI is InChI=1S/C6H9N3O/c1-9-4-7-8-6(9)2-5-3-10-5/h4-5H,2-3H2,1H3. The molecule has 2 rings (SSSR count). The normalized spacial score (nSPS) is 23.1. The van der Waals surface area contributed by atoms with Crippen LogP contribution in [0.2, 0.25) is 0 Å². The van der Waals surface area contributed by atoms with Gasteiger partial charge in [-0.25, -0.2) is 0 Å². The molecule has 0 N–H and O–H groups in total. The largest absolute Gasteiger partial charge is 0.373 e. The van der Waals surface area contributed by atoms with Gasteiger partial charge in [0.1, 0.15) is 12.2 Å². The third-order valence-electron chi connectivity index (χ3n) is 1.62. The summed E-state index contributed by atoms with van der Waals surface area (Å²) < 4.78 is 6.97. The number of rotatable bonds is 2. The molecule has 0 bridgehead atoms. The molecule has 0 radical (unpaired) electrons. The zero-order valence-corrected chi connectivity index (χ0v) is 5.82. The Morgan fingerprint density at radius 1 is 1.90 bits per heavy atom. The molecule has 2 heterocycles. The maximum absolute atomic E-state index is 5.06. The lowest BCUT2D eigenvalue weighted by molar-refractivity contribution is 0.402. The lowest BCUT2D eigenvalue weighted by atomic mass is 10.3. The minimum absolute atomic E-state index is 0.405. The van der Waals surface area contributed by atoms with Crippen LogP contribution in [0.15, 0.2) is 6.33 Å².